The molecule has 30 heavy (non-hydrogen) atoms. The number of carbonyl (C=O) groups is 1. The van der Waals surface area contributed by atoms with Crippen LogP contribution in [0.1, 0.15) is 18.4 Å². The van der Waals surface area contributed by atoms with E-state index in [0.717, 1.165) is 38.1 Å². The molecule has 9 heteroatoms. The highest BCUT2D eigenvalue weighted by Crippen LogP contribution is 2.36. The number of nitrogens with zero attached hydrogens (tertiary/aromatic N) is 1. The SMILES string of the molecule is COc1cc(NC(=O)CNc2cc(C(F)(F)F)ccc2N2CCCC2)cc(OC)c1. The van der Waals surface area contributed by atoms with Gasteiger partial charge < -0.3 is 25.0 Å². The Morgan fingerprint density at radius 2 is 1.67 bits per heavy atom. The zero-order valence-electron chi connectivity index (χ0n) is 16.8. The predicted octanol–water partition coefficient (Wildman–Crippen LogP) is 4.37. The van der Waals surface area contributed by atoms with Gasteiger partial charge >= 0.3 is 6.18 Å². The molecule has 1 heterocycles. The molecule has 1 fully saturated rings. The highest BCUT2D eigenvalue weighted by atomic mass is 19.4. The molecule has 0 saturated carbocycles. The quantitative estimate of drug-likeness (QED) is 0.692. The van der Waals surface area contributed by atoms with Gasteiger partial charge in [0.2, 0.25) is 5.91 Å². The smallest absolute Gasteiger partial charge is 0.416 e. The molecule has 0 bridgehead atoms. The minimum atomic E-state index is -4.46. The number of anilines is 3. The molecule has 0 atom stereocenters. The molecule has 0 aliphatic carbocycles. The van der Waals surface area contributed by atoms with Crippen molar-refractivity contribution >= 4 is 23.0 Å². The molecule has 0 unspecified atom stereocenters. The number of nitrogens with one attached hydrogen (secondary N) is 2. The summed E-state index contributed by atoms with van der Waals surface area (Å²) in [7, 11) is 2.99. The second-order valence-electron chi connectivity index (χ2n) is 6.93. The summed E-state index contributed by atoms with van der Waals surface area (Å²) < 4.78 is 49.8. The summed E-state index contributed by atoms with van der Waals surface area (Å²) in [6.07, 6.45) is -2.49. The average molecular weight is 423 g/mol. The van der Waals surface area contributed by atoms with Crippen LogP contribution in [0.2, 0.25) is 0 Å². The number of methoxy groups -OCH3 is 2. The highest BCUT2D eigenvalue weighted by molar-refractivity contribution is 5.94. The minimum Gasteiger partial charge on any atom is -0.497 e. The van der Waals surface area contributed by atoms with Gasteiger partial charge in [-0.2, -0.15) is 13.2 Å². The Bertz CT molecular complexity index is 875. The van der Waals surface area contributed by atoms with Crippen LogP contribution in [-0.2, 0) is 11.0 Å². The maximum atomic E-state index is 13.2. The molecule has 1 aliphatic heterocycles. The average Bonchev–Trinajstić information content (AvgIpc) is 3.25. The summed E-state index contributed by atoms with van der Waals surface area (Å²) in [5.41, 5.74) is 0.647. The summed E-state index contributed by atoms with van der Waals surface area (Å²) in [4.78, 5) is 14.4. The van der Waals surface area contributed by atoms with Gasteiger partial charge in [0.15, 0.2) is 0 Å². The number of alkyl halides is 3. The Morgan fingerprint density at radius 3 is 2.23 bits per heavy atom. The van der Waals surface area contributed by atoms with Gasteiger partial charge in [0, 0.05) is 37.0 Å². The number of hydrogen-bond donors (Lipinski definition) is 2. The van der Waals surface area contributed by atoms with Crippen LogP contribution in [0.5, 0.6) is 11.5 Å². The molecule has 3 rings (SSSR count). The molecule has 1 amide bonds. The van der Waals surface area contributed by atoms with E-state index in [1.54, 1.807) is 18.2 Å². The van der Waals surface area contributed by atoms with Crippen LogP contribution >= 0.6 is 0 Å². The van der Waals surface area contributed by atoms with Crippen molar-refractivity contribution < 1.29 is 27.4 Å². The largest absolute Gasteiger partial charge is 0.497 e. The van der Waals surface area contributed by atoms with Crippen LogP contribution in [0.15, 0.2) is 36.4 Å². The lowest BCUT2D eigenvalue weighted by Crippen LogP contribution is -2.24. The molecule has 0 radical (unpaired) electrons. The second-order valence-corrected chi connectivity index (χ2v) is 6.93. The zero-order valence-corrected chi connectivity index (χ0v) is 16.8. The van der Waals surface area contributed by atoms with Gasteiger partial charge in [-0.05, 0) is 31.0 Å². The number of hydrogen-bond acceptors (Lipinski definition) is 5. The summed E-state index contributed by atoms with van der Waals surface area (Å²) in [5.74, 6) is 0.605. The molecule has 0 aromatic heterocycles. The lowest BCUT2D eigenvalue weighted by atomic mass is 10.1. The molecule has 0 spiro atoms. The number of amides is 1. The second kappa shape index (κ2) is 9.15. The van der Waals surface area contributed by atoms with E-state index >= 15 is 0 Å². The summed E-state index contributed by atoms with van der Waals surface area (Å²) in [6.45, 7) is 1.35. The van der Waals surface area contributed by atoms with Gasteiger partial charge in [0.25, 0.3) is 0 Å². The van der Waals surface area contributed by atoms with Gasteiger partial charge in [-0.3, -0.25) is 4.79 Å². The molecular formula is C21H24F3N3O3. The maximum absolute atomic E-state index is 13.2. The first-order valence-corrected chi connectivity index (χ1v) is 9.53. The Hall–Kier alpha value is -3.10. The van der Waals surface area contributed by atoms with Crippen molar-refractivity contribution in [2.45, 2.75) is 19.0 Å². The molecule has 2 N–H and O–H groups in total. The topological polar surface area (TPSA) is 62.8 Å². The lowest BCUT2D eigenvalue weighted by Gasteiger charge is -2.23. The fourth-order valence-electron chi connectivity index (χ4n) is 3.35. The van der Waals surface area contributed by atoms with E-state index in [-0.39, 0.29) is 12.2 Å². The first-order valence-electron chi connectivity index (χ1n) is 9.53. The third kappa shape index (κ3) is 5.28. The Morgan fingerprint density at radius 1 is 1.03 bits per heavy atom. The fourth-order valence-corrected chi connectivity index (χ4v) is 3.35. The van der Waals surface area contributed by atoms with Gasteiger partial charge in [0.1, 0.15) is 11.5 Å². The van der Waals surface area contributed by atoms with Gasteiger partial charge in [0.05, 0.1) is 37.7 Å². The van der Waals surface area contributed by atoms with Gasteiger partial charge in [-0.1, -0.05) is 0 Å². The lowest BCUT2D eigenvalue weighted by molar-refractivity contribution is -0.137. The van der Waals surface area contributed by atoms with E-state index in [1.807, 2.05) is 4.90 Å². The van der Waals surface area contributed by atoms with E-state index in [1.165, 1.54) is 20.3 Å². The molecule has 1 aliphatic rings. The van der Waals surface area contributed by atoms with Crippen LogP contribution in [0.4, 0.5) is 30.2 Å². The van der Waals surface area contributed by atoms with Crippen molar-refractivity contribution in [2.24, 2.45) is 0 Å². The summed E-state index contributed by atoms with van der Waals surface area (Å²) in [6, 6.07) is 8.50. The number of halogens is 3. The fraction of sp³-hybridized carbons (Fsp3) is 0.381. The minimum absolute atomic E-state index is 0.193. The monoisotopic (exact) mass is 423 g/mol. The van der Waals surface area contributed by atoms with Crippen molar-refractivity contribution in [2.75, 3.05) is 49.4 Å². The first-order chi connectivity index (χ1) is 14.3. The van der Waals surface area contributed by atoms with Crippen molar-refractivity contribution in [3.63, 3.8) is 0 Å². The maximum Gasteiger partial charge on any atom is 0.416 e. The van der Waals surface area contributed by atoms with E-state index in [0.29, 0.717) is 22.9 Å². The van der Waals surface area contributed by atoms with Crippen LogP contribution in [0.25, 0.3) is 0 Å². The standard InChI is InChI=1S/C21H24F3N3O3/c1-29-16-10-15(11-17(12-16)30-2)26-20(28)13-25-18-9-14(21(22,23)24)5-6-19(18)27-7-3-4-8-27/h5-6,9-12,25H,3-4,7-8,13H2,1-2H3,(H,26,28). The van der Waals surface area contributed by atoms with E-state index < -0.39 is 17.6 Å². The van der Waals surface area contributed by atoms with Crippen LogP contribution in [0.3, 0.4) is 0 Å². The highest BCUT2D eigenvalue weighted by Gasteiger charge is 2.31. The first kappa shape index (κ1) is 21.6. The normalized spacial score (nSPS) is 13.8. The number of benzene rings is 2. The Labute approximate surface area is 173 Å². The van der Waals surface area contributed by atoms with E-state index in [2.05, 4.69) is 10.6 Å². The van der Waals surface area contributed by atoms with Crippen molar-refractivity contribution in [3.8, 4) is 11.5 Å². The van der Waals surface area contributed by atoms with E-state index in [9.17, 15) is 18.0 Å². The van der Waals surface area contributed by atoms with Crippen LogP contribution in [0, 0.1) is 0 Å². The van der Waals surface area contributed by atoms with Gasteiger partial charge in [-0.15, -0.1) is 0 Å². The number of rotatable bonds is 7. The summed E-state index contributed by atoms with van der Waals surface area (Å²) >= 11 is 0. The number of ether oxygens (including phenoxy) is 2. The van der Waals surface area contributed by atoms with Crippen molar-refractivity contribution in [3.05, 3.63) is 42.0 Å². The third-order valence-electron chi connectivity index (χ3n) is 4.85. The van der Waals surface area contributed by atoms with E-state index in [4.69, 9.17) is 9.47 Å². The van der Waals surface area contributed by atoms with Crippen molar-refractivity contribution in [1.82, 2.24) is 0 Å². The third-order valence-corrected chi connectivity index (χ3v) is 4.85. The van der Waals surface area contributed by atoms with Gasteiger partial charge in [-0.25, -0.2) is 0 Å². The molecule has 6 nitrogen and oxygen atoms in total. The van der Waals surface area contributed by atoms with Crippen molar-refractivity contribution in [1.29, 1.82) is 0 Å². The molecule has 162 valence electrons. The zero-order chi connectivity index (χ0) is 21.7. The number of carbonyl (C=O) groups excluding carboxylic acids is 1. The van der Waals surface area contributed by atoms with Crippen LogP contribution in [-0.4, -0.2) is 39.8 Å². The molecule has 1 saturated heterocycles. The van der Waals surface area contributed by atoms with Crippen LogP contribution < -0.4 is 25.0 Å². The molecular weight excluding hydrogens is 399 g/mol. The summed E-state index contributed by atoms with van der Waals surface area (Å²) in [5, 5.41) is 5.56. The molecule has 2 aromatic carbocycles. The molecule has 2 aromatic rings. The Kier molecular flexibility index (Phi) is 6.59. The Balaban J connectivity index is 1.74. The predicted molar refractivity (Wildman–Crippen MR) is 110 cm³/mol.